The maximum atomic E-state index is 2.55. The molecule has 2 aliphatic carbocycles. The van der Waals surface area contributed by atoms with Crippen molar-refractivity contribution in [1.29, 1.82) is 0 Å². The average molecular weight is 766 g/mol. The van der Waals surface area contributed by atoms with Gasteiger partial charge in [0.05, 0.1) is 0 Å². The first kappa shape index (κ1) is 34.3. The van der Waals surface area contributed by atoms with E-state index in [2.05, 4.69) is 104 Å². The van der Waals surface area contributed by atoms with Gasteiger partial charge in [0.15, 0.2) is 0 Å². The Labute approximate surface area is 279 Å². The van der Waals surface area contributed by atoms with Gasteiger partial charge in [-0.1, -0.05) is 101 Å². The molecule has 5 aromatic carbocycles. The van der Waals surface area contributed by atoms with E-state index in [4.69, 9.17) is 0 Å². The van der Waals surface area contributed by atoms with Crippen LogP contribution in [-0.4, -0.2) is 11.3 Å². The van der Waals surface area contributed by atoms with Crippen molar-refractivity contribution in [2.75, 3.05) is 0 Å². The fraction of sp³-hybridized carbons (Fsp3) is 0.351. The molecule has 0 radical (unpaired) electrons. The number of hydrogen-bond donors (Lipinski definition) is 0. The topological polar surface area (TPSA) is 0 Å². The van der Waals surface area contributed by atoms with Crippen LogP contribution in [0.5, 0.6) is 0 Å². The molecular formula is C37H41Cl2HfP. The first-order valence-electron chi connectivity index (χ1n) is 14.9. The molecule has 0 saturated heterocycles. The molecule has 4 heteroatoms. The maximum Gasteiger partial charge on any atom is 4.00 e. The van der Waals surface area contributed by atoms with Gasteiger partial charge >= 0.3 is 25.8 Å². The third kappa shape index (κ3) is 8.23. The van der Waals surface area contributed by atoms with E-state index in [0.29, 0.717) is 0 Å². The van der Waals surface area contributed by atoms with Gasteiger partial charge in [-0.25, -0.2) is 0 Å². The van der Waals surface area contributed by atoms with E-state index >= 15 is 0 Å². The second-order valence-corrected chi connectivity index (χ2v) is 14.3. The third-order valence-electron chi connectivity index (χ3n) is 8.82. The summed E-state index contributed by atoms with van der Waals surface area (Å²) in [5.41, 5.74) is 5.98. The number of aryl methyl sites for hydroxylation is 1. The molecule has 5 aromatic rings. The largest absolute Gasteiger partial charge is 4.00 e. The summed E-state index contributed by atoms with van der Waals surface area (Å²) in [6.45, 7) is 2.15. The summed E-state index contributed by atoms with van der Waals surface area (Å²) < 4.78 is 0. The van der Waals surface area contributed by atoms with Crippen molar-refractivity contribution < 1.29 is 50.7 Å². The van der Waals surface area contributed by atoms with Crippen LogP contribution < -0.4 is 30.1 Å². The molecule has 0 atom stereocenters. The molecule has 0 N–H and O–H groups in total. The van der Waals surface area contributed by atoms with Crippen LogP contribution in [0.1, 0.15) is 69.8 Å². The second kappa shape index (κ2) is 16.6. The monoisotopic (exact) mass is 766 g/mol. The van der Waals surface area contributed by atoms with Crippen molar-refractivity contribution in [1.82, 2.24) is 0 Å². The predicted molar refractivity (Wildman–Crippen MR) is 170 cm³/mol. The van der Waals surface area contributed by atoms with Gasteiger partial charge < -0.3 is 24.8 Å². The van der Waals surface area contributed by atoms with Crippen molar-refractivity contribution in [3.05, 3.63) is 103 Å². The number of rotatable bonds is 4. The van der Waals surface area contributed by atoms with E-state index in [1.165, 1.54) is 102 Å². The van der Waals surface area contributed by atoms with Crippen molar-refractivity contribution in [3.63, 3.8) is 0 Å². The summed E-state index contributed by atoms with van der Waals surface area (Å²) in [6, 6.07) is 35.6. The molecule has 212 valence electrons. The molecule has 0 heterocycles. The molecule has 0 spiro atoms. The zero-order valence-electron chi connectivity index (χ0n) is 24.2. The van der Waals surface area contributed by atoms with Gasteiger partial charge in [-0.3, -0.25) is 0 Å². The zero-order chi connectivity index (χ0) is 25.7. The van der Waals surface area contributed by atoms with Gasteiger partial charge in [0, 0.05) is 0 Å². The van der Waals surface area contributed by atoms with Gasteiger partial charge in [-0.05, 0) is 42.6 Å². The third-order valence-corrected chi connectivity index (χ3v) is 12.3. The van der Waals surface area contributed by atoms with Gasteiger partial charge in [0.2, 0.25) is 0 Å². The molecule has 0 nitrogen and oxygen atoms in total. The normalized spacial score (nSPS) is 15.9. The summed E-state index contributed by atoms with van der Waals surface area (Å²) in [5, 5.41) is 7.35. The maximum absolute atomic E-state index is 2.55. The molecule has 0 bridgehead atoms. The fourth-order valence-electron chi connectivity index (χ4n) is 6.98. The first-order chi connectivity index (χ1) is 18.8. The SMILES string of the molecule is Cc1cc2c(-c3ccccc3)cccc2[cH-]1.[Cl-].[Cl-].[Hf+4].c1ccc2[cH-]c(P(C3CCCCC3)C3CCCCC3)cc2c1. The number of fused-ring (bicyclic) bond motifs is 2. The van der Waals surface area contributed by atoms with Crippen LogP contribution in [0.25, 0.3) is 32.7 Å². The Morgan fingerprint density at radius 2 is 1.20 bits per heavy atom. The van der Waals surface area contributed by atoms with Gasteiger partial charge in [-0.2, -0.15) is 12.1 Å². The van der Waals surface area contributed by atoms with E-state index < -0.39 is 0 Å². The van der Waals surface area contributed by atoms with Crippen LogP contribution in [0.3, 0.4) is 0 Å². The molecule has 0 aliphatic heterocycles. The van der Waals surface area contributed by atoms with Crippen molar-refractivity contribution in [2.24, 2.45) is 0 Å². The van der Waals surface area contributed by atoms with Gasteiger partial charge in [-0.15, -0.1) is 74.9 Å². The van der Waals surface area contributed by atoms with E-state index in [-0.39, 0.29) is 58.6 Å². The Hall–Kier alpha value is -1.24. The van der Waals surface area contributed by atoms with Crippen LogP contribution in [0, 0.1) is 6.92 Å². The molecule has 2 aliphatic rings. The van der Waals surface area contributed by atoms with E-state index in [1.54, 1.807) is 5.30 Å². The average Bonchev–Trinajstić information content (AvgIpc) is 3.57. The second-order valence-electron chi connectivity index (χ2n) is 11.5. The minimum Gasteiger partial charge on any atom is -1.00 e. The number of halogens is 2. The van der Waals surface area contributed by atoms with Gasteiger partial charge in [0.25, 0.3) is 0 Å². The molecule has 0 aromatic heterocycles. The van der Waals surface area contributed by atoms with Crippen LogP contribution in [0.15, 0.2) is 97.1 Å². The van der Waals surface area contributed by atoms with Crippen LogP contribution in [-0.2, 0) is 25.8 Å². The quantitative estimate of drug-likeness (QED) is 0.139. The fourth-order valence-corrected chi connectivity index (χ4v) is 10.8. The van der Waals surface area contributed by atoms with Crippen molar-refractivity contribution in [2.45, 2.75) is 82.4 Å². The molecule has 0 amide bonds. The predicted octanol–water partition coefficient (Wildman–Crippen LogP) is 4.87. The van der Waals surface area contributed by atoms with Crippen LogP contribution in [0.2, 0.25) is 0 Å². The van der Waals surface area contributed by atoms with Crippen LogP contribution in [0.4, 0.5) is 0 Å². The van der Waals surface area contributed by atoms with Crippen LogP contribution >= 0.6 is 7.92 Å². The minimum atomic E-state index is 0. The molecule has 2 saturated carbocycles. The summed E-state index contributed by atoms with van der Waals surface area (Å²) in [5.74, 6) is 0. The molecular weight excluding hydrogens is 725 g/mol. The Balaban J connectivity index is 0.000000219. The Kier molecular flexibility index (Phi) is 13.8. The van der Waals surface area contributed by atoms with E-state index in [9.17, 15) is 0 Å². The zero-order valence-corrected chi connectivity index (χ0v) is 30.2. The van der Waals surface area contributed by atoms with Crippen molar-refractivity contribution in [3.8, 4) is 11.1 Å². The summed E-state index contributed by atoms with van der Waals surface area (Å²) >= 11 is 0. The summed E-state index contributed by atoms with van der Waals surface area (Å²) in [7, 11) is 0.0611. The Morgan fingerprint density at radius 3 is 1.83 bits per heavy atom. The number of hydrogen-bond acceptors (Lipinski definition) is 0. The summed E-state index contributed by atoms with van der Waals surface area (Å²) in [6.07, 6.45) is 14.9. The Bertz CT molecular complexity index is 1410. The smallest absolute Gasteiger partial charge is 1.00 e. The van der Waals surface area contributed by atoms with Gasteiger partial charge in [0.1, 0.15) is 0 Å². The molecule has 0 unspecified atom stereocenters. The number of benzene rings is 3. The summed E-state index contributed by atoms with van der Waals surface area (Å²) in [4.78, 5) is 0. The minimum absolute atomic E-state index is 0. The molecule has 41 heavy (non-hydrogen) atoms. The molecule has 2 fully saturated rings. The van der Waals surface area contributed by atoms with Crippen molar-refractivity contribution >= 4 is 34.8 Å². The standard InChI is InChI=1S/C21H28P.C16H13.2ClH.Hf/c1-3-11-19(12-4-1)22(20-13-5-2-6-14-20)21-15-17-9-7-8-10-18(17)16-21;1-12-10-14-8-5-9-15(16(14)11-12)13-6-3-2-4-7-13;;;/h7-10,15-16,19-20H,1-6,11-14H2;2-11H,1H3;2*1H;/q2*-1;;;+4/p-2. The van der Waals surface area contributed by atoms with E-state index in [0.717, 1.165) is 11.3 Å². The Morgan fingerprint density at radius 1 is 0.610 bits per heavy atom. The molecule has 7 rings (SSSR count). The first-order valence-corrected chi connectivity index (χ1v) is 16.4. The van der Waals surface area contributed by atoms with E-state index in [1.807, 2.05) is 0 Å².